The maximum Gasteiger partial charge on any atom is 0.288 e. The van der Waals surface area contributed by atoms with Crippen LogP contribution in [0.25, 0.3) is 0 Å². The first-order valence-electron chi connectivity index (χ1n) is 4.30. The third-order valence-electron chi connectivity index (χ3n) is 2.52. The van der Waals surface area contributed by atoms with Gasteiger partial charge in [-0.2, -0.15) is 0 Å². The number of amidine groups is 1. The number of halogens is 1. The van der Waals surface area contributed by atoms with Gasteiger partial charge in [-0.1, -0.05) is 0 Å². The second kappa shape index (κ2) is 2.61. The lowest BCUT2D eigenvalue weighted by molar-refractivity contribution is 0.130. The minimum Gasteiger partial charge on any atom is -0.469 e. The van der Waals surface area contributed by atoms with Crippen molar-refractivity contribution in [2.45, 2.75) is 37.5 Å². The molecule has 2 aliphatic rings. The van der Waals surface area contributed by atoms with Crippen molar-refractivity contribution in [2.24, 2.45) is 4.99 Å². The summed E-state index contributed by atoms with van der Waals surface area (Å²) in [6.07, 6.45) is 2.32. The second-order valence-corrected chi connectivity index (χ2v) is 3.47. The molecule has 0 amide bonds. The van der Waals surface area contributed by atoms with Gasteiger partial charge in [0.2, 0.25) is 0 Å². The van der Waals surface area contributed by atoms with E-state index in [-0.39, 0.29) is 5.66 Å². The molecule has 1 N–H and O–H groups in total. The average molecular weight is 172 g/mol. The zero-order chi connectivity index (χ0) is 8.60. The molecule has 2 rings (SSSR count). The van der Waals surface area contributed by atoms with Gasteiger partial charge in [-0.15, -0.1) is 0 Å². The predicted octanol–water partition coefficient (Wildman–Crippen LogP) is 1.20. The maximum atomic E-state index is 13.0. The van der Waals surface area contributed by atoms with Crippen molar-refractivity contribution in [1.29, 1.82) is 0 Å². The summed E-state index contributed by atoms with van der Waals surface area (Å²) < 4.78 is 17.8. The molecule has 1 aliphatic carbocycles. The van der Waals surface area contributed by atoms with E-state index < -0.39 is 6.17 Å². The average Bonchev–Trinajstić information content (AvgIpc) is 1.99. The largest absolute Gasteiger partial charge is 0.469 e. The van der Waals surface area contributed by atoms with Gasteiger partial charge >= 0.3 is 0 Å². The van der Waals surface area contributed by atoms with Gasteiger partial charge in [-0.25, -0.2) is 9.38 Å². The van der Waals surface area contributed by atoms with E-state index in [0.717, 1.165) is 12.8 Å². The summed E-state index contributed by atoms with van der Waals surface area (Å²) in [5.41, 5.74) is -0.316. The van der Waals surface area contributed by atoms with Gasteiger partial charge in [0.05, 0.1) is 7.11 Å². The lowest BCUT2D eigenvalue weighted by atomic mass is 9.87. The lowest BCUT2D eigenvalue weighted by Crippen LogP contribution is -2.59. The molecule has 0 aromatic carbocycles. The highest BCUT2D eigenvalue weighted by Crippen LogP contribution is 2.35. The minimum absolute atomic E-state index is 0.316. The highest BCUT2D eigenvalue weighted by atomic mass is 19.1. The monoisotopic (exact) mass is 172 g/mol. The van der Waals surface area contributed by atoms with Crippen LogP contribution in [0.5, 0.6) is 0 Å². The highest BCUT2D eigenvalue weighted by molar-refractivity contribution is 5.79. The van der Waals surface area contributed by atoms with E-state index in [9.17, 15) is 4.39 Å². The van der Waals surface area contributed by atoms with Gasteiger partial charge < -0.3 is 10.1 Å². The standard InChI is InChI=1S/C8H13FN2O/c1-12-7-10-8(11-7)4-2-3-6(9)5-8/h6H,2-5H2,1H3,(H,10,11). The molecule has 1 saturated carbocycles. The normalized spacial score (nSPS) is 39.8. The van der Waals surface area contributed by atoms with Crippen LogP contribution in [0.1, 0.15) is 25.7 Å². The molecule has 4 heteroatoms. The van der Waals surface area contributed by atoms with E-state index in [2.05, 4.69) is 10.3 Å². The third-order valence-corrected chi connectivity index (χ3v) is 2.52. The summed E-state index contributed by atoms with van der Waals surface area (Å²) >= 11 is 0. The third kappa shape index (κ3) is 1.15. The van der Waals surface area contributed by atoms with Gasteiger partial charge in [0.15, 0.2) is 0 Å². The predicted molar refractivity (Wildman–Crippen MR) is 43.7 cm³/mol. The zero-order valence-corrected chi connectivity index (χ0v) is 7.14. The summed E-state index contributed by atoms with van der Waals surface area (Å²) in [6.45, 7) is 0. The van der Waals surface area contributed by atoms with Gasteiger partial charge in [0.25, 0.3) is 6.02 Å². The molecule has 68 valence electrons. The quantitative estimate of drug-likeness (QED) is 0.595. The fourth-order valence-corrected chi connectivity index (χ4v) is 1.89. The molecule has 12 heavy (non-hydrogen) atoms. The number of nitrogens with zero attached hydrogens (tertiary/aromatic N) is 1. The molecule has 2 unspecified atom stereocenters. The molecule has 0 saturated heterocycles. The van der Waals surface area contributed by atoms with Gasteiger partial charge in [0.1, 0.15) is 11.8 Å². The van der Waals surface area contributed by atoms with Crippen LogP contribution in [0.4, 0.5) is 4.39 Å². The highest BCUT2D eigenvalue weighted by Gasteiger charge is 2.43. The molecule has 0 radical (unpaired) electrons. The van der Waals surface area contributed by atoms with Crippen molar-refractivity contribution < 1.29 is 9.13 Å². The SMILES string of the molecule is COC1=NC2(CCCC(F)C2)N1. The molecule has 0 bridgehead atoms. The Morgan fingerprint density at radius 3 is 3.08 bits per heavy atom. The Hall–Kier alpha value is -0.800. The Morgan fingerprint density at radius 1 is 1.75 bits per heavy atom. The Bertz CT molecular complexity index is 219. The Morgan fingerprint density at radius 2 is 2.50 bits per heavy atom. The van der Waals surface area contributed by atoms with E-state index >= 15 is 0 Å². The van der Waals surface area contributed by atoms with Crippen molar-refractivity contribution in [1.82, 2.24) is 5.32 Å². The van der Waals surface area contributed by atoms with Crippen LogP contribution in [-0.2, 0) is 4.74 Å². The fraction of sp³-hybridized carbons (Fsp3) is 0.875. The van der Waals surface area contributed by atoms with Crippen molar-refractivity contribution in [2.75, 3.05) is 7.11 Å². The first-order valence-corrected chi connectivity index (χ1v) is 4.30. The molecule has 3 nitrogen and oxygen atoms in total. The summed E-state index contributed by atoms with van der Waals surface area (Å²) in [7, 11) is 1.56. The number of aliphatic imine (C=N–C) groups is 1. The number of ether oxygens (including phenoxy) is 1. The van der Waals surface area contributed by atoms with Gasteiger partial charge in [-0.05, 0) is 19.3 Å². The molecule has 0 aromatic rings. The first-order chi connectivity index (χ1) is 5.74. The second-order valence-electron chi connectivity index (χ2n) is 3.47. The first kappa shape index (κ1) is 7.83. The molecule has 1 heterocycles. The van der Waals surface area contributed by atoms with E-state index in [4.69, 9.17) is 4.74 Å². The van der Waals surface area contributed by atoms with E-state index in [0.29, 0.717) is 18.9 Å². The van der Waals surface area contributed by atoms with E-state index in [1.165, 1.54) is 0 Å². The van der Waals surface area contributed by atoms with Gasteiger partial charge in [0, 0.05) is 6.42 Å². The van der Waals surface area contributed by atoms with Crippen LogP contribution >= 0.6 is 0 Å². The van der Waals surface area contributed by atoms with Crippen LogP contribution in [0, 0.1) is 0 Å². The smallest absolute Gasteiger partial charge is 0.288 e. The van der Waals surface area contributed by atoms with Crippen LogP contribution in [0.15, 0.2) is 4.99 Å². The van der Waals surface area contributed by atoms with Crippen molar-refractivity contribution in [3.05, 3.63) is 0 Å². The van der Waals surface area contributed by atoms with Crippen molar-refractivity contribution in [3.8, 4) is 0 Å². The molecular formula is C8H13FN2O. The van der Waals surface area contributed by atoms with Crippen LogP contribution in [0.2, 0.25) is 0 Å². The van der Waals surface area contributed by atoms with Crippen LogP contribution in [0.3, 0.4) is 0 Å². The molecule has 1 aliphatic heterocycles. The molecule has 2 atom stereocenters. The van der Waals surface area contributed by atoms with E-state index in [1.807, 2.05) is 0 Å². The number of methoxy groups -OCH3 is 1. The van der Waals surface area contributed by atoms with Crippen LogP contribution < -0.4 is 5.32 Å². The molecule has 1 spiro atoms. The summed E-state index contributed by atoms with van der Waals surface area (Å²) in [6, 6.07) is 0.545. The number of nitrogens with one attached hydrogen (secondary N) is 1. The summed E-state index contributed by atoms with van der Waals surface area (Å²) in [5, 5.41) is 3.06. The van der Waals surface area contributed by atoms with Gasteiger partial charge in [-0.3, -0.25) is 0 Å². The minimum atomic E-state index is -0.701. The molecule has 0 aromatic heterocycles. The van der Waals surface area contributed by atoms with Crippen molar-refractivity contribution >= 4 is 6.02 Å². The zero-order valence-electron chi connectivity index (χ0n) is 7.14. The van der Waals surface area contributed by atoms with E-state index in [1.54, 1.807) is 7.11 Å². The summed E-state index contributed by atoms with van der Waals surface area (Å²) in [4.78, 5) is 4.22. The van der Waals surface area contributed by atoms with Crippen LogP contribution in [-0.4, -0.2) is 25.0 Å². The number of alkyl halides is 1. The Labute approximate surface area is 71.0 Å². The van der Waals surface area contributed by atoms with Crippen molar-refractivity contribution in [3.63, 3.8) is 0 Å². The number of hydrogen-bond acceptors (Lipinski definition) is 3. The maximum absolute atomic E-state index is 13.0. The molecular weight excluding hydrogens is 159 g/mol. The topological polar surface area (TPSA) is 33.6 Å². The number of hydrogen-bond donors (Lipinski definition) is 1. The Balaban J connectivity index is 2.01. The fourth-order valence-electron chi connectivity index (χ4n) is 1.89. The summed E-state index contributed by atoms with van der Waals surface area (Å²) in [5.74, 6) is 0. The lowest BCUT2D eigenvalue weighted by Gasteiger charge is -2.42. The Kier molecular flexibility index (Phi) is 1.70. The number of rotatable bonds is 0. The molecule has 1 fully saturated rings.